The average Bonchev–Trinajstić information content (AvgIpc) is 3.03. The predicted octanol–water partition coefficient (Wildman–Crippen LogP) is 6.00. The van der Waals surface area contributed by atoms with E-state index in [9.17, 15) is 9.59 Å². The van der Waals surface area contributed by atoms with Gasteiger partial charge in [-0.3, -0.25) is 4.57 Å². The number of aromatic nitrogens is 1. The molecule has 0 fully saturated rings. The number of carbonyl (C=O) groups excluding carboxylic acids is 1. The maximum Gasteiger partial charge on any atom is 0.420 e. The van der Waals surface area contributed by atoms with Crippen LogP contribution in [0.1, 0.15) is 36.7 Å². The summed E-state index contributed by atoms with van der Waals surface area (Å²) in [6, 6.07) is 20.0. The van der Waals surface area contributed by atoms with Crippen molar-refractivity contribution in [2.75, 3.05) is 5.32 Å². The molecule has 0 radical (unpaired) electrons. The van der Waals surface area contributed by atoms with E-state index in [0.717, 1.165) is 5.56 Å². The predicted molar refractivity (Wildman–Crippen MR) is 126 cm³/mol. The molecule has 3 aromatic carbocycles. The monoisotopic (exact) mass is 450 g/mol. The van der Waals surface area contributed by atoms with Crippen molar-refractivity contribution >= 4 is 40.0 Å². The van der Waals surface area contributed by atoms with Crippen molar-refractivity contribution in [1.29, 1.82) is 0 Å². The second kappa shape index (κ2) is 8.55. The Balaban J connectivity index is 1.65. The molecule has 0 atom stereocenters. The minimum absolute atomic E-state index is 0.315. The first kappa shape index (κ1) is 21.7. The molecule has 4 rings (SSSR count). The Hall–Kier alpha value is -3.51. The molecule has 1 aromatic heterocycles. The van der Waals surface area contributed by atoms with Gasteiger partial charge in [0.25, 0.3) is 0 Å². The third-order valence-corrected chi connectivity index (χ3v) is 4.97. The maximum atomic E-state index is 12.7. The number of ether oxygens (including phenoxy) is 1. The fraction of sp³-hybridized carbons (Fsp3) is 0.200. The van der Waals surface area contributed by atoms with Crippen molar-refractivity contribution in [1.82, 2.24) is 4.57 Å². The van der Waals surface area contributed by atoms with E-state index in [4.69, 9.17) is 20.8 Å². The van der Waals surface area contributed by atoms with Gasteiger partial charge in [-0.25, -0.2) is 9.59 Å². The molecule has 0 aliphatic heterocycles. The van der Waals surface area contributed by atoms with Crippen molar-refractivity contribution in [2.45, 2.75) is 32.9 Å². The molecule has 0 spiro atoms. The summed E-state index contributed by atoms with van der Waals surface area (Å²) in [6.45, 7) is 5.83. The second-order valence-corrected chi connectivity index (χ2v) is 8.88. The van der Waals surface area contributed by atoms with Crippen LogP contribution in [0.5, 0.6) is 0 Å². The summed E-state index contributed by atoms with van der Waals surface area (Å²) in [5, 5.41) is 3.63. The van der Waals surface area contributed by atoms with Gasteiger partial charge in [-0.2, -0.15) is 0 Å². The van der Waals surface area contributed by atoms with Crippen LogP contribution in [-0.4, -0.2) is 16.1 Å². The minimum Gasteiger partial charge on any atom is -0.456 e. The minimum atomic E-state index is -0.638. The fourth-order valence-electron chi connectivity index (χ4n) is 3.34. The number of oxazole rings is 1. The number of rotatable bonds is 5. The van der Waals surface area contributed by atoms with Crippen molar-refractivity contribution in [3.8, 4) is 0 Å². The van der Waals surface area contributed by atoms with Gasteiger partial charge in [0.1, 0.15) is 5.60 Å². The number of hydrogen-bond donors (Lipinski definition) is 1. The van der Waals surface area contributed by atoms with E-state index in [1.807, 2.05) is 42.5 Å². The van der Waals surface area contributed by atoms with E-state index in [2.05, 4.69) is 5.32 Å². The summed E-state index contributed by atoms with van der Waals surface area (Å²) >= 11 is 6.11. The largest absolute Gasteiger partial charge is 0.456 e. The first-order valence-electron chi connectivity index (χ1n) is 10.2. The van der Waals surface area contributed by atoms with Gasteiger partial charge < -0.3 is 14.5 Å². The van der Waals surface area contributed by atoms with Gasteiger partial charge in [-0.05, 0) is 56.7 Å². The van der Waals surface area contributed by atoms with Crippen LogP contribution in [0.3, 0.4) is 0 Å². The van der Waals surface area contributed by atoms with Gasteiger partial charge in [-0.15, -0.1) is 0 Å². The number of fused-ring (bicyclic) bond motifs is 1. The molecule has 4 aromatic rings. The quantitative estimate of drug-likeness (QED) is 0.378. The summed E-state index contributed by atoms with van der Waals surface area (Å²) in [5.74, 6) is -0.911. The maximum absolute atomic E-state index is 12.7. The zero-order chi connectivity index (χ0) is 22.9. The number of carbonyl (C=O) groups is 1. The molecule has 32 heavy (non-hydrogen) atoms. The first-order chi connectivity index (χ1) is 15.2. The molecule has 0 aliphatic rings. The van der Waals surface area contributed by atoms with Gasteiger partial charge in [-0.1, -0.05) is 41.9 Å². The Morgan fingerprint density at radius 2 is 1.81 bits per heavy atom. The molecular formula is C25H23ClN2O4. The number of nitrogens with one attached hydrogen (secondary N) is 1. The van der Waals surface area contributed by atoms with Crippen LogP contribution in [0, 0.1) is 0 Å². The highest BCUT2D eigenvalue weighted by atomic mass is 35.5. The second-order valence-electron chi connectivity index (χ2n) is 8.44. The van der Waals surface area contributed by atoms with Crippen LogP contribution < -0.4 is 11.1 Å². The number of esters is 1. The normalized spacial score (nSPS) is 11.5. The lowest BCUT2D eigenvalue weighted by molar-refractivity contribution is 0.00707. The average molecular weight is 451 g/mol. The van der Waals surface area contributed by atoms with Crippen LogP contribution in [0.4, 0.5) is 11.4 Å². The lowest BCUT2D eigenvalue weighted by Crippen LogP contribution is -2.24. The molecule has 0 saturated heterocycles. The SMILES string of the molecule is CC(C)(C)OC(=O)c1cc(Cl)ccc1Nc1ccc2c(c1)oc(=O)n2Cc1ccccc1. The lowest BCUT2D eigenvalue weighted by atomic mass is 10.1. The summed E-state index contributed by atoms with van der Waals surface area (Å²) in [6.07, 6.45) is 0. The number of hydrogen-bond acceptors (Lipinski definition) is 5. The topological polar surface area (TPSA) is 73.5 Å². The van der Waals surface area contributed by atoms with E-state index < -0.39 is 17.3 Å². The number of anilines is 2. The van der Waals surface area contributed by atoms with Gasteiger partial charge in [0.2, 0.25) is 0 Å². The van der Waals surface area contributed by atoms with Crippen LogP contribution in [0.15, 0.2) is 75.9 Å². The number of halogens is 1. The van der Waals surface area contributed by atoms with Crippen LogP contribution >= 0.6 is 11.6 Å². The Kier molecular flexibility index (Phi) is 5.80. The molecule has 0 amide bonds. The van der Waals surface area contributed by atoms with Gasteiger partial charge in [0.15, 0.2) is 5.58 Å². The number of benzene rings is 3. The van der Waals surface area contributed by atoms with E-state index in [1.54, 1.807) is 49.6 Å². The first-order valence-corrected chi connectivity index (χ1v) is 10.5. The van der Waals surface area contributed by atoms with E-state index in [-0.39, 0.29) is 0 Å². The molecule has 0 unspecified atom stereocenters. The lowest BCUT2D eigenvalue weighted by Gasteiger charge is -2.21. The van der Waals surface area contributed by atoms with E-state index in [0.29, 0.717) is 39.6 Å². The third kappa shape index (κ3) is 4.86. The zero-order valence-corrected chi connectivity index (χ0v) is 18.8. The van der Waals surface area contributed by atoms with Crippen molar-refractivity contribution < 1.29 is 13.9 Å². The number of nitrogens with zero attached hydrogens (tertiary/aromatic N) is 1. The highest BCUT2D eigenvalue weighted by molar-refractivity contribution is 6.31. The molecule has 1 N–H and O–H groups in total. The van der Waals surface area contributed by atoms with Crippen molar-refractivity contribution in [3.05, 3.63) is 93.4 Å². The summed E-state index contributed by atoms with van der Waals surface area (Å²) < 4.78 is 12.6. The molecule has 6 nitrogen and oxygen atoms in total. The van der Waals surface area contributed by atoms with Gasteiger partial charge in [0, 0.05) is 16.8 Å². The molecule has 164 valence electrons. The Labute approximate surface area is 190 Å². The third-order valence-electron chi connectivity index (χ3n) is 4.73. The van der Waals surface area contributed by atoms with Crippen molar-refractivity contribution in [2.24, 2.45) is 0 Å². The van der Waals surface area contributed by atoms with Crippen molar-refractivity contribution in [3.63, 3.8) is 0 Å². The summed E-state index contributed by atoms with van der Waals surface area (Å²) in [7, 11) is 0. The standard InChI is InChI=1S/C25H23ClN2O4/c1-25(2,3)32-23(29)19-13-17(26)9-11-20(19)27-18-10-12-21-22(14-18)31-24(30)28(21)15-16-7-5-4-6-8-16/h4-14,27H,15H2,1-3H3. The Morgan fingerprint density at radius 3 is 2.53 bits per heavy atom. The Morgan fingerprint density at radius 1 is 1.06 bits per heavy atom. The molecule has 0 aliphatic carbocycles. The molecule has 0 bridgehead atoms. The van der Waals surface area contributed by atoms with E-state index >= 15 is 0 Å². The van der Waals surface area contributed by atoms with Crippen LogP contribution in [0.25, 0.3) is 11.1 Å². The zero-order valence-electron chi connectivity index (χ0n) is 18.0. The van der Waals surface area contributed by atoms with Gasteiger partial charge >= 0.3 is 11.7 Å². The molecule has 0 saturated carbocycles. The fourth-order valence-corrected chi connectivity index (χ4v) is 3.51. The smallest absolute Gasteiger partial charge is 0.420 e. The van der Waals surface area contributed by atoms with Crippen LogP contribution in [-0.2, 0) is 11.3 Å². The highest BCUT2D eigenvalue weighted by Gasteiger charge is 2.21. The molecule has 1 heterocycles. The van der Waals surface area contributed by atoms with E-state index in [1.165, 1.54) is 0 Å². The highest BCUT2D eigenvalue weighted by Crippen LogP contribution is 2.28. The molecule has 7 heteroatoms. The van der Waals surface area contributed by atoms with Gasteiger partial charge in [0.05, 0.1) is 23.3 Å². The van der Waals surface area contributed by atoms with Crippen LogP contribution in [0.2, 0.25) is 5.02 Å². The Bertz CT molecular complexity index is 1330. The molecular weight excluding hydrogens is 428 g/mol. The summed E-state index contributed by atoms with van der Waals surface area (Å²) in [5.41, 5.74) is 3.01. The summed E-state index contributed by atoms with van der Waals surface area (Å²) in [4.78, 5) is 25.1.